The molecule has 1 amide bonds. The molecular formula is C19H27FN2O5S. The average molecular weight is 414 g/mol. The maximum Gasteiger partial charge on any atom is 0.306 e. The first-order valence-electron chi connectivity index (χ1n) is 9.57. The summed E-state index contributed by atoms with van der Waals surface area (Å²) in [6, 6.07) is 4.47. The van der Waals surface area contributed by atoms with Gasteiger partial charge in [-0.2, -0.15) is 0 Å². The van der Waals surface area contributed by atoms with E-state index >= 15 is 0 Å². The lowest BCUT2D eigenvalue weighted by atomic mass is 10.1. The van der Waals surface area contributed by atoms with Crippen LogP contribution in [0.25, 0.3) is 0 Å². The Hall–Kier alpha value is -2.00. The molecule has 1 aliphatic heterocycles. The minimum Gasteiger partial charge on any atom is -0.456 e. The standard InChI is InChI=1S/C19H27FN2O5S/c20-16-8-10-17(11-9-16)28(25,26)21-12-6-7-19(24)27-15-18(23)22-13-4-2-1-3-5-14-22/h8-11,21H,1-7,12-15H2. The Kier molecular flexibility index (Phi) is 8.85. The summed E-state index contributed by atoms with van der Waals surface area (Å²) in [5, 5.41) is 0. The number of halogens is 1. The minimum absolute atomic E-state index is 0.000776. The van der Waals surface area contributed by atoms with Gasteiger partial charge < -0.3 is 9.64 Å². The van der Waals surface area contributed by atoms with Crippen molar-refractivity contribution in [2.75, 3.05) is 26.2 Å². The number of benzene rings is 1. The molecule has 0 aliphatic carbocycles. The number of carbonyl (C=O) groups excluding carboxylic acids is 2. The van der Waals surface area contributed by atoms with Gasteiger partial charge in [0.1, 0.15) is 5.82 Å². The maximum absolute atomic E-state index is 12.9. The second kappa shape index (κ2) is 11.1. The Bertz CT molecular complexity index is 744. The van der Waals surface area contributed by atoms with E-state index in [1.165, 1.54) is 18.6 Å². The second-order valence-corrected chi connectivity index (χ2v) is 8.53. The van der Waals surface area contributed by atoms with Crippen molar-refractivity contribution in [1.82, 2.24) is 9.62 Å². The van der Waals surface area contributed by atoms with Crippen LogP contribution in [0.1, 0.15) is 44.9 Å². The van der Waals surface area contributed by atoms with Crippen molar-refractivity contribution < 1.29 is 27.1 Å². The fourth-order valence-electron chi connectivity index (χ4n) is 2.94. The molecule has 0 aromatic heterocycles. The molecule has 7 nitrogen and oxygen atoms in total. The molecule has 1 saturated heterocycles. The number of ether oxygens (including phenoxy) is 1. The summed E-state index contributed by atoms with van der Waals surface area (Å²) >= 11 is 0. The van der Waals surface area contributed by atoms with Crippen LogP contribution in [0.4, 0.5) is 4.39 Å². The quantitative estimate of drug-likeness (QED) is 0.520. The van der Waals surface area contributed by atoms with E-state index in [0.29, 0.717) is 13.1 Å². The van der Waals surface area contributed by atoms with E-state index in [0.717, 1.165) is 37.8 Å². The number of hydrogen-bond acceptors (Lipinski definition) is 5. The summed E-state index contributed by atoms with van der Waals surface area (Å²) in [6.45, 7) is 1.15. The van der Waals surface area contributed by atoms with Gasteiger partial charge in [-0.3, -0.25) is 9.59 Å². The summed E-state index contributed by atoms with van der Waals surface area (Å²) in [5.41, 5.74) is 0. The molecule has 1 aromatic carbocycles. The van der Waals surface area contributed by atoms with Crippen molar-refractivity contribution >= 4 is 21.9 Å². The van der Waals surface area contributed by atoms with E-state index in [-0.39, 0.29) is 36.8 Å². The first-order chi connectivity index (χ1) is 13.4. The molecule has 1 heterocycles. The van der Waals surface area contributed by atoms with Crippen molar-refractivity contribution in [3.05, 3.63) is 30.1 Å². The maximum atomic E-state index is 12.9. The number of likely N-dealkylation sites (tertiary alicyclic amines) is 1. The number of rotatable bonds is 8. The summed E-state index contributed by atoms with van der Waals surface area (Å²) in [4.78, 5) is 25.6. The van der Waals surface area contributed by atoms with Gasteiger partial charge in [-0.25, -0.2) is 17.5 Å². The molecule has 156 valence electrons. The summed E-state index contributed by atoms with van der Waals surface area (Å²) < 4.78 is 44.3. The van der Waals surface area contributed by atoms with Gasteiger partial charge in [0.2, 0.25) is 10.0 Å². The van der Waals surface area contributed by atoms with Gasteiger partial charge in [-0.1, -0.05) is 19.3 Å². The molecule has 0 bridgehead atoms. The third kappa shape index (κ3) is 7.55. The number of nitrogens with zero attached hydrogens (tertiary/aromatic N) is 1. The Labute approximate surface area is 165 Å². The largest absolute Gasteiger partial charge is 0.456 e. The first-order valence-corrected chi connectivity index (χ1v) is 11.1. The van der Waals surface area contributed by atoms with E-state index < -0.39 is 21.8 Å². The van der Waals surface area contributed by atoms with Crippen molar-refractivity contribution in [2.45, 2.75) is 49.8 Å². The number of amides is 1. The lowest BCUT2D eigenvalue weighted by Crippen LogP contribution is -2.37. The molecule has 0 spiro atoms. The monoisotopic (exact) mass is 414 g/mol. The van der Waals surface area contributed by atoms with E-state index in [9.17, 15) is 22.4 Å². The Morgan fingerprint density at radius 3 is 2.29 bits per heavy atom. The number of carbonyl (C=O) groups is 2. The minimum atomic E-state index is -3.75. The molecule has 0 radical (unpaired) electrons. The lowest BCUT2D eigenvalue weighted by molar-refractivity contribution is -0.152. The van der Waals surface area contributed by atoms with Crippen LogP contribution in [-0.4, -0.2) is 51.4 Å². The van der Waals surface area contributed by atoms with E-state index in [1.54, 1.807) is 4.90 Å². The highest BCUT2D eigenvalue weighted by Gasteiger charge is 2.17. The fourth-order valence-corrected chi connectivity index (χ4v) is 4.01. The van der Waals surface area contributed by atoms with Crippen LogP contribution < -0.4 is 4.72 Å². The van der Waals surface area contributed by atoms with Gasteiger partial charge >= 0.3 is 5.97 Å². The van der Waals surface area contributed by atoms with E-state index in [2.05, 4.69) is 4.72 Å². The normalized spacial score (nSPS) is 15.5. The smallest absolute Gasteiger partial charge is 0.306 e. The summed E-state index contributed by atoms with van der Waals surface area (Å²) in [6.07, 6.45) is 5.58. The predicted octanol–water partition coefficient (Wildman–Crippen LogP) is 2.22. The lowest BCUT2D eigenvalue weighted by Gasteiger charge is -2.24. The molecule has 2 rings (SSSR count). The topological polar surface area (TPSA) is 92.8 Å². The van der Waals surface area contributed by atoms with Crippen molar-refractivity contribution in [3.63, 3.8) is 0 Å². The molecular weight excluding hydrogens is 387 g/mol. The number of nitrogens with one attached hydrogen (secondary N) is 1. The zero-order valence-corrected chi connectivity index (χ0v) is 16.7. The summed E-state index contributed by atoms with van der Waals surface area (Å²) in [7, 11) is -3.75. The zero-order valence-electron chi connectivity index (χ0n) is 15.9. The number of sulfonamides is 1. The van der Waals surface area contributed by atoms with Crippen molar-refractivity contribution in [1.29, 1.82) is 0 Å². The van der Waals surface area contributed by atoms with Crippen LogP contribution in [0.15, 0.2) is 29.2 Å². The Balaban J connectivity index is 1.65. The molecule has 1 aliphatic rings. The van der Waals surface area contributed by atoms with Crippen LogP contribution in [0.3, 0.4) is 0 Å². The van der Waals surface area contributed by atoms with Crippen LogP contribution in [0.5, 0.6) is 0 Å². The highest BCUT2D eigenvalue weighted by Crippen LogP contribution is 2.11. The summed E-state index contributed by atoms with van der Waals surface area (Å²) in [5.74, 6) is -1.25. The third-order valence-electron chi connectivity index (χ3n) is 4.54. The third-order valence-corrected chi connectivity index (χ3v) is 6.02. The van der Waals surface area contributed by atoms with Gasteiger partial charge in [-0.15, -0.1) is 0 Å². The Morgan fingerprint density at radius 1 is 1.04 bits per heavy atom. The van der Waals surface area contributed by atoms with Crippen LogP contribution in [0, 0.1) is 5.82 Å². The van der Waals surface area contributed by atoms with Crippen LogP contribution in [-0.2, 0) is 24.3 Å². The van der Waals surface area contributed by atoms with Crippen molar-refractivity contribution in [3.8, 4) is 0 Å². The van der Waals surface area contributed by atoms with Crippen LogP contribution >= 0.6 is 0 Å². The molecule has 28 heavy (non-hydrogen) atoms. The first kappa shape index (κ1) is 22.3. The van der Waals surface area contributed by atoms with Gasteiger partial charge in [0.15, 0.2) is 6.61 Å². The molecule has 9 heteroatoms. The Morgan fingerprint density at radius 2 is 1.64 bits per heavy atom. The van der Waals surface area contributed by atoms with E-state index in [1.807, 2.05) is 0 Å². The van der Waals surface area contributed by atoms with Crippen molar-refractivity contribution in [2.24, 2.45) is 0 Å². The van der Waals surface area contributed by atoms with E-state index in [4.69, 9.17) is 4.74 Å². The zero-order chi connectivity index (χ0) is 20.4. The van der Waals surface area contributed by atoms with Gasteiger partial charge in [0.05, 0.1) is 4.90 Å². The number of hydrogen-bond donors (Lipinski definition) is 1. The SMILES string of the molecule is O=C(CCCNS(=O)(=O)c1ccc(F)cc1)OCC(=O)N1CCCCCCC1. The van der Waals surface area contributed by atoms with Gasteiger partial charge in [-0.05, 0) is 43.5 Å². The molecule has 1 aromatic rings. The van der Waals surface area contributed by atoms with Crippen LogP contribution in [0.2, 0.25) is 0 Å². The molecule has 1 N–H and O–H groups in total. The molecule has 0 saturated carbocycles. The molecule has 0 atom stereocenters. The highest BCUT2D eigenvalue weighted by atomic mass is 32.2. The number of esters is 1. The molecule has 0 unspecified atom stereocenters. The predicted molar refractivity (Wildman–Crippen MR) is 101 cm³/mol. The second-order valence-electron chi connectivity index (χ2n) is 6.76. The fraction of sp³-hybridized carbons (Fsp3) is 0.579. The molecule has 1 fully saturated rings. The van der Waals surface area contributed by atoms with Gasteiger partial charge in [0, 0.05) is 26.1 Å². The average Bonchev–Trinajstić information content (AvgIpc) is 2.63. The highest BCUT2D eigenvalue weighted by molar-refractivity contribution is 7.89. The van der Waals surface area contributed by atoms with Gasteiger partial charge in [0.25, 0.3) is 5.91 Å².